The number of nitrogens with zero attached hydrogens (tertiary/aromatic N) is 5. The molecule has 1 aliphatic rings. The number of aryl methyl sites for hydroxylation is 1. The highest BCUT2D eigenvalue weighted by atomic mass is 32.2. The molecule has 2 unspecified atom stereocenters. The van der Waals surface area contributed by atoms with Crippen molar-refractivity contribution < 1.29 is 27.4 Å². The van der Waals surface area contributed by atoms with Gasteiger partial charge in [-0.25, -0.2) is 18.4 Å². The number of nitrogens with one attached hydrogen (secondary N) is 1. The van der Waals surface area contributed by atoms with E-state index in [0.717, 1.165) is 5.56 Å². The SMILES string of the molecule is COc1cccc(OC)c1-n1c(NS(=O)(=O)C(C)C(OC(C)C)c2ncc(C)cn2)nnc1[C@@H]1COC(C)(C)C1. The molecule has 0 saturated carbocycles. The molecule has 218 valence electrons. The number of para-hydroxylation sites is 1. The van der Waals surface area contributed by atoms with Gasteiger partial charge in [0.2, 0.25) is 16.0 Å². The molecule has 1 aliphatic heterocycles. The first kappa shape index (κ1) is 29.7. The van der Waals surface area contributed by atoms with Gasteiger partial charge in [0.1, 0.15) is 34.4 Å². The van der Waals surface area contributed by atoms with Crippen molar-refractivity contribution in [3.63, 3.8) is 0 Å². The fourth-order valence-corrected chi connectivity index (χ4v) is 5.79. The van der Waals surface area contributed by atoms with Gasteiger partial charge in [-0.15, -0.1) is 10.2 Å². The summed E-state index contributed by atoms with van der Waals surface area (Å²) in [6, 6.07) is 5.31. The highest BCUT2D eigenvalue weighted by Gasteiger charge is 2.39. The lowest BCUT2D eigenvalue weighted by atomic mass is 9.97. The largest absolute Gasteiger partial charge is 0.494 e. The first-order valence-electron chi connectivity index (χ1n) is 13.1. The van der Waals surface area contributed by atoms with Crippen LogP contribution in [0.3, 0.4) is 0 Å². The van der Waals surface area contributed by atoms with Crippen molar-refractivity contribution in [2.75, 3.05) is 25.5 Å². The van der Waals surface area contributed by atoms with Crippen LogP contribution in [0.4, 0.5) is 5.95 Å². The Bertz CT molecular complexity index is 1400. The zero-order valence-electron chi connectivity index (χ0n) is 24.2. The fourth-order valence-electron chi connectivity index (χ4n) is 4.71. The second-order valence-corrected chi connectivity index (χ2v) is 12.8. The van der Waals surface area contributed by atoms with Crippen LogP contribution in [0.25, 0.3) is 5.69 Å². The van der Waals surface area contributed by atoms with E-state index in [1.54, 1.807) is 42.1 Å². The van der Waals surface area contributed by atoms with Crippen molar-refractivity contribution in [3.8, 4) is 17.2 Å². The van der Waals surface area contributed by atoms with Crippen molar-refractivity contribution in [2.45, 2.75) is 76.9 Å². The number of hydrogen-bond donors (Lipinski definition) is 1. The van der Waals surface area contributed by atoms with Crippen molar-refractivity contribution in [1.82, 2.24) is 24.7 Å². The molecule has 12 nitrogen and oxygen atoms in total. The summed E-state index contributed by atoms with van der Waals surface area (Å²) in [7, 11) is -1.04. The second kappa shape index (κ2) is 11.7. The lowest BCUT2D eigenvalue weighted by Gasteiger charge is -2.26. The molecule has 0 bridgehead atoms. The number of sulfonamides is 1. The van der Waals surface area contributed by atoms with Crippen LogP contribution in [-0.2, 0) is 19.5 Å². The molecule has 3 aromatic rings. The Morgan fingerprint density at radius 2 is 1.70 bits per heavy atom. The van der Waals surface area contributed by atoms with Gasteiger partial charge < -0.3 is 18.9 Å². The molecule has 3 heterocycles. The van der Waals surface area contributed by atoms with E-state index in [9.17, 15) is 8.42 Å². The van der Waals surface area contributed by atoms with E-state index in [4.69, 9.17) is 18.9 Å². The molecule has 2 aromatic heterocycles. The van der Waals surface area contributed by atoms with E-state index in [-0.39, 0.29) is 29.4 Å². The lowest BCUT2D eigenvalue weighted by molar-refractivity contribution is 0.00152. The number of anilines is 1. The van der Waals surface area contributed by atoms with Crippen LogP contribution in [0.1, 0.15) is 70.3 Å². The van der Waals surface area contributed by atoms with Crippen LogP contribution in [-0.4, -0.2) is 70.9 Å². The molecule has 13 heteroatoms. The normalized spacial score (nSPS) is 18.5. The summed E-state index contributed by atoms with van der Waals surface area (Å²) in [4.78, 5) is 8.69. The van der Waals surface area contributed by atoms with Gasteiger partial charge >= 0.3 is 0 Å². The van der Waals surface area contributed by atoms with Crippen LogP contribution >= 0.6 is 0 Å². The summed E-state index contributed by atoms with van der Waals surface area (Å²) in [6.07, 6.45) is 2.73. The standard InChI is InChI=1S/C27H38N6O6S/c1-16(2)39-23(24-28-13-17(3)14-29-24)18(4)40(34,35)32-26-31-30-25(19-12-27(5,6)38-15-19)33(26)22-20(36-7)10-9-11-21(22)37-8/h9-11,13-14,16,18-19,23H,12,15H2,1-8H3,(H,31,32)/t18?,19-,23?/m0/s1. The quantitative estimate of drug-likeness (QED) is 0.358. The van der Waals surface area contributed by atoms with Crippen LogP contribution in [0.5, 0.6) is 11.5 Å². The number of methoxy groups -OCH3 is 2. The third-order valence-corrected chi connectivity index (χ3v) is 8.41. The van der Waals surface area contributed by atoms with Crippen molar-refractivity contribution in [3.05, 3.63) is 47.8 Å². The van der Waals surface area contributed by atoms with E-state index in [1.165, 1.54) is 14.2 Å². The topological polar surface area (TPSA) is 140 Å². The van der Waals surface area contributed by atoms with Crippen LogP contribution in [0.2, 0.25) is 0 Å². The summed E-state index contributed by atoms with van der Waals surface area (Å²) < 4.78 is 55.3. The Morgan fingerprint density at radius 3 is 2.23 bits per heavy atom. The highest BCUT2D eigenvalue weighted by molar-refractivity contribution is 7.93. The summed E-state index contributed by atoms with van der Waals surface area (Å²) in [5.74, 6) is 1.56. The Hall–Kier alpha value is -3.29. The minimum absolute atomic E-state index is 0.0116. The maximum atomic E-state index is 13.9. The van der Waals surface area contributed by atoms with Gasteiger partial charge in [-0.2, -0.15) is 0 Å². The van der Waals surface area contributed by atoms with Gasteiger partial charge in [-0.3, -0.25) is 9.29 Å². The van der Waals surface area contributed by atoms with Gasteiger partial charge in [0, 0.05) is 18.3 Å². The molecule has 40 heavy (non-hydrogen) atoms. The summed E-state index contributed by atoms with van der Waals surface area (Å²) in [6.45, 7) is 11.5. The minimum Gasteiger partial charge on any atom is -0.494 e. The highest BCUT2D eigenvalue weighted by Crippen LogP contribution is 2.41. The molecule has 1 aromatic carbocycles. The van der Waals surface area contributed by atoms with Crippen LogP contribution in [0, 0.1) is 6.92 Å². The number of ether oxygens (including phenoxy) is 4. The number of rotatable bonds is 11. The molecule has 3 atom stereocenters. The van der Waals surface area contributed by atoms with E-state index < -0.39 is 21.4 Å². The zero-order chi connectivity index (χ0) is 29.2. The van der Waals surface area contributed by atoms with E-state index in [2.05, 4.69) is 24.9 Å². The number of hydrogen-bond acceptors (Lipinski definition) is 10. The predicted octanol–water partition coefficient (Wildman–Crippen LogP) is 3.96. The molecule has 1 saturated heterocycles. The van der Waals surface area contributed by atoms with E-state index >= 15 is 0 Å². The Morgan fingerprint density at radius 1 is 1.07 bits per heavy atom. The molecule has 0 spiro atoms. The minimum atomic E-state index is -4.11. The van der Waals surface area contributed by atoms with Gasteiger partial charge in [0.05, 0.1) is 32.5 Å². The lowest BCUT2D eigenvalue weighted by Crippen LogP contribution is -2.35. The molecule has 1 N–H and O–H groups in total. The van der Waals surface area contributed by atoms with Crippen molar-refractivity contribution in [2.24, 2.45) is 0 Å². The predicted molar refractivity (Wildman–Crippen MR) is 150 cm³/mol. The number of aromatic nitrogens is 5. The number of benzene rings is 1. The molecule has 0 amide bonds. The maximum absolute atomic E-state index is 13.9. The first-order chi connectivity index (χ1) is 18.9. The molecular formula is C27H38N6O6S. The second-order valence-electron chi connectivity index (χ2n) is 10.8. The van der Waals surface area contributed by atoms with Gasteiger partial charge in [0.25, 0.3) is 0 Å². The van der Waals surface area contributed by atoms with Crippen LogP contribution in [0.15, 0.2) is 30.6 Å². The molecule has 0 radical (unpaired) electrons. The Labute approximate surface area is 235 Å². The van der Waals surface area contributed by atoms with Gasteiger partial charge in [-0.05, 0) is 65.7 Å². The van der Waals surface area contributed by atoms with E-state index in [0.29, 0.717) is 36.0 Å². The molecular weight excluding hydrogens is 536 g/mol. The van der Waals surface area contributed by atoms with Crippen molar-refractivity contribution in [1.29, 1.82) is 0 Å². The summed E-state index contributed by atoms with van der Waals surface area (Å²) >= 11 is 0. The monoisotopic (exact) mass is 574 g/mol. The Kier molecular flexibility index (Phi) is 8.66. The fraction of sp³-hybridized carbons (Fsp3) is 0.556. The average molecular weight is 575 g/mol. The van der Waals surface area contributed by atoms with Gasteiger partial charge in [-0.1, -0.05) is 6.07 Å². The van der Waals surface area contributed by atoms with Crippen LogP contribution < -0.4 is 14.2 Å². The molecule has 4 rings (SSSR count). The van der Waals surface area contributed by atoms with E-state index in [1.807, 2.05) is 34.6 Å². The van der Waals surface area contributed by atoms with Crippen molar-refractivity contribution >= 4 is 16.0 Å². The summed E-state index contributed by atoms with van der Waals surface area (Å²) in [5.41, 5.74) is 0.959. The summed E-state index contributed by atoms with van der Waals surface area (Å²) in [5, 5.41) is 7.64. The third-order valence-electron chi connectivity index (χ3n) is 6.72. The maximum Gasteiger partial charge on any atom is 0.243 e. The molecule has 0 aliphatic carbocycles. The van der Waals surface area contributed by atoms with Gasteiger partial charge in [0.15, 0.2) is 5.82 Å². The smallest absolute Gasteiger partial charge is 0.243 e. The third kappa shape index (κ3) is 6.21. The Balaban J connectivity index is 1.80. The first-order valence-corrected chi connectivity index (χ1v) is 14.7. The average Bonchev–Trinajstić information content (AvgIpc) is 3.48. The zero-order valence-corrected chi connectivity index (χ0v) is 25.0. The molecule has 1 fully saturated rings.